The Bertz CT molecular complexity index is 952. The first kappa shape index (κ1) is 14.6. The first-order valence-electron chi connectivity index (χ1n) is 6.73. The van der Waals surface area contributed by atoms with E-state index in [2.05, 4.69) is 17.1 Å². The van der Waals surface area contributed by atoms with Crippen molar-refractivity contribution in [3.63, 3.8) is 0 Å². The van der Waals surface area contributed by atoms with Crippen LogP contribution in [0.5, 0.6) is 5.75 Å². The van der Waals surface area contributed by atoms with E-state index in [4.69, 9.17) is 4.98 Å². The van der Waals surface area contributed by atoms with Gasteiger partial charge in [-0.2, -0.15) is 0 Å². The van der Waals surface area contributed by atoms with Gasteiger partial charge in [0.2, 0.25) is 0 Å². The van der Waals surface area contributed by atoms with Gasteiger partial charge in [-0.1, -0.05) is 48.5 Å². The molecule has 4 heteroatoms. The second-order valence-corrected chi connectivity index (χ2v) is 4.93. The van der Waals surface area contributed by atoms with E-state index in [-0.39, 0.29) is 24.6 Å². The normalized spacial score (nSPS) is 10.5. The Hall–Kier alpha value is -2.34. The second-order valence-electron chi connectivity index (χ2n) is 4.93. The zero-order valence-electron chi connectivity index (χ0n) is 12.2. The standard InChI is InChI=1S/C18H12N2O.Li/c21-15-8-5-12(6-9-15)16-10-7-14-4-3-13-2-1-11-19-17(13)18(14)20-16;/h1-11,21H;/q;+1/p-1. The van der Waals surface area contributed by atoms with Gasteiger partial charge < -0.3 is 5.11 Å². The van der Waals surface area contributed by atoms with Crippen LogP contribution in [-0.2, 0) is 0 Å². The Morgan fingerprint density at radius 2 is 1.41 bits per heavy atom. The Morgan fingerprint density at radius 3 is 2.18 bits per heavy atom. The van der Waals surface area contributed by atoms with Gasteiger partial charge in [-0.05, 0) is 12.1 Å². The zero-order chi connectivity index (χ0) is 14.2. The van der Waals surface area contributed by atoms with Crippen LogP contribution >= 0.6 is 0 Å². The van der Waals surface area contributed by atoms with Gasteiger partial charge in [0.15, 0.2) is 0 Å². The molecule has 4 rings (SSSR count). The number of aromatic nitrogens is 2. The maximum atomic E-state index is 11.2. The molecule has 0 fully saturated rings. The molecule has 0 aliphatic carbocycles. The van der Waals surface area contributed by atoms with Crippen LogP contribution in [0.25, 0.3) is 33.1 Å². The summed E-state index contributed by atoms with van der Waals surface area (Å²) in [6.07, 6.45) is 1.78. The summed E-state index contributed by atoms with van der Waals surface area (Å²) >= 11 is 0. The summed E-state index contributed by atoms with van der Waals surface area (Å²) in [5.74, 6) is 0.00616. The zero-order valence-corrected chi connectivity index (χ0v) is 12.2. The van der Waals surface area contributed by atoms with Gasteiger partial charge in [0.05, 0.1) is 16.7 Å². The number of fused-ring (bicyclic) bond motifs is 3. The summed E-state index contributed by atoms with van der Waals surface area (Å²) in [7, 11) is 0. The van der Waals surface area contributed by atoms with Crippen LogP contribution in [-0.4, -0.2) is 9.97 Å². The van der Waals surface area contributed by atoms with Gasteiger partial charge in [0, 0.05) is 22.5 Å². The molecule has 4 aromatic rings. The van der Waals surface area contributed by atoms with Crippen LogP contribution < -0.4 is 24.0 Å². The molecule has 2 aromatic carbocycles. The van der Waals surface area contributed by atoms with E-state index in [1.165, 1.54) is 0 Å². The molecule has 0 atom stereocenters. The number of pyridine rings is 2. The van der Waals surface area contributed by atoms with Crippen molar-refractivity contribution in [3.8, 4) is 17.0 Å². The monoisotopic (exact) mass is 278 g/mol. The first-order chi connectivity index (χ1) is 10.3. The summed E-state index contributed by atoms with van der Waals surface area (Å²) in [6.45, 7) is 0. The van der Waals surface area contributed by atoms with E-state index in [0.29, 0.717) is 0 Å². The minimum absolute atomic E-state index is 0. The van der Waals surface area contributed by atoms with Crippen molar-refractivity contribution in [2.75, 3.05) is 0 Å². The molecule has 0 saturated heterocycles. The summed E-state index contributed by atoms with van der Waals surface area (Å²) in [4.78, 5) is 9.18. The van der Waals surface area contributed by atoms with Gasteiger partial charge in [0.1, 0.15) is 0 Å². The summed E-state index contributed by atoms with van der Waals surface area (Å²) in [6, 6.07) is 18.8. The number of nitrogens with zero attached hydrogens (tertiary/aromatic N) is 2. The summed E-state index contributed by atoms with van der Waals surface area (Å²) in [5, 5.41) is 13.3. The maximum Gasteiger partial charge on any atom is 1.00 e. The van der Waals surface area contributed by atoms with Gasteiger partial charge in [0.25, 0.3) is 0 Å². The Labute approximate surface area is 139 Å². The fraction of sp³-hybridized carbons (Fsp3) is 0. The predicted molar refractivity (Wildman–Crippen MR) is 81.9 cm³/mol. The fourth-order valence-corrected chi connectivity index (χ4v) is 2.51. The molecule has 2 aromatic heterocycles. The number of hydrogen-bond acceptors (Lipinski definition) is 3. The topological polar surface area (TPSA) is 48.8 Å². The molecular weight excluding hydrogens is 267 g/mol. The third-order valence-corrected chi connectivity index (χ3v) is 3.58. The van der Waals surface area contributed by atoms with Crippen molar-refractivity contribution < 1.29 is 24.0 Å². The third-order valence-electron chi connectivity index (χ3n) is 3.58. The average molecular weight is 278 g/mol. The van der Waals surface area contributed by atoms with Crippen molar-refractivity contribution in [1.82, 2.24) is 9.97 Å². The Morgan fingerprint density at radius 1 is 0.727 bits per heavy atom. The molecule has 0 saturated carbocycles. The number of hydrogen-bond donors (Lipinski definition) is 0. The number of benzene rings is 2. The molecule has 0 radical (unpaired) electrons. The molecule has 22 heavy (non-hydrogen) atoms. The Kier molecular flexibility index (Phi) is 3.85. The van der Waals surface area contributed by atoms with E-state index in [1.807, 2.05) is 24.3 Å². The van der Waals surface area contributed by atoms with Crippen LogP contribution in [0.2, 0.25) is 0 Å². The van der Waals surface area contributed by atoms with Crippen LogP contribution in [0.15, 0.2) is 66.9 Å². The van der Waals surface area contributed by atoms with Crippen LogP contribution in [0.1, 0.15) is 0 Å². The fourth-order valence-electron chi connectivity index (χ4n) is 2.51. The quantitative estimate of drug-likeness (QED) is 0.377. The van der Waals surface area contributed by atoms with Crippen molar-refractivity contribution in [1.29, 1.82) is 0 Å². The molecule has 0 aliphatic heterocycles. The number of rotatable bonds is 1. The van der Waals surface area contributed by atoms with Gasteiger partial charge in [-0.25, -0.2) is 4.98 Å². The molecule has 0 spiro atoms. The predicted octanol–water partition coefficient (Wildman–Crippen LogP) is 0.528. The molecule has 0 N–H and O–H groups in total. The van der Waals surface area contributed by atoms with Gasteiger partial charge >= 0.3 is 18.9 Å². The largest absolute Gasteiger partial charge is 1.00 e. The average Bonchev–Trinajstić information content (AvgIpc) is 2.55. The van der Waals surface area contributed by atoms with Gasteiger partial charge in [-0.3, -0.25) is 4.98 Å². The molecule has 0 aliphatic rings. The molecule has 0 unspecified atom stereocenters. The van der Waals surface area contributed by atoms with E-state index in [1.54, 1.807) is 30.5 Å². The van der Waals surface area contributed by atoms with E-state index in [9.17, 15) is 5.11 Å². The summed E-state index contributed by atoms with van der Waals surface area (Å²) in [5.41, 5.74) is 3.57. The van der Waals surface area contributed by atoms with Crippen LogP contribution in [0.3, 0.4) is 0 Å². The SMILES string of the molecule is [Li+].[O-]c1ccc(-c2ccc3ccc4cccnc4c3n2)cc1. The first-order valence-corrected chi connectivity index (χ1v) is 6.73. The minimum Gasteiger partial charge on any atom is -0.872 e. The summed E-state index contributed by atoms with van der Waals surface area (Å²) < 4.78 is 0. The van der Waals surface area contributed by atoms with E-state index >= 15 is 0 Å². The van der Waals surface area contributed by atoms with Crippen LogP contribution in [0, 0.1) is 0 Å². The van der Waals surface area contributed by atoms with Crippen molar-refractivity contribution in [2.45, 2.75) is 0 Å². The Balaban J connectivity index is 0.00000144. The minimum atomic E-state index is 0. The van der Waals surface area contributed by atoms with Crippen molar-refractivity contribution in [2.24, 2.45) is 0 Å². The van der Waals surface area contributed by atoms with Gasteiger partial charge in [-0.15, -0.1) is 5.75 Å². The molecular formula is C18H11LiN2O. The molecule has 0 amide bonds. The van der Waals surface area contributed by atoms with E-state index < -0.39 is 0 Å². The van der Waals surface area contributed by atoms with E-state index in [0.717, 1.165) is 33.1 Å². The van der Waals surface area contributed by atoms with Crippen LogP contribution in [0.4, 0.5) is 0 Å². The molecule has 100 valence electrons. The smallest absolute Gasteiger partial charge is 0.872 e. The second kappa shape index (κ2) is 5.80. The van der Waals surface area contributed by atoms with Crippen molar-refractivity contribution in [3.05, 3.63) is 66.9 Å². The molecule has 0 bridgehead atoms. The maximum absolute atomic E-state index is 11.2. The van der Waals surface area contributed by atoms with Crippen molar-refractivity contribution >= 4 is 21.8 Å². The molecule has 2 heterocycles. The molecule has 3 nitrogen and oxygen atoms in total. The third kappa shape index (κ3) is 2.46.